The summed E-state index contributed by atoms with van der Waals surface area (Å²) in [5.41, 5.74) is 2.72. The SMILES string of the molecule is C/C1=C\C=C(\C(C)C)CC[C@@]2(C)O[C@H]2CCC(C)CC(=O)C1. The molecule has 0 radical (unpaired) electrons. The molecule has 0 aromatic rings. The number of hydrogen-bond acceptors (Lipinski definition) is 2. The maximum Gasteiger partial charge on any atom is 0.137 e. The fourth-order valence-electron chi connectivity index (χ4n) is 3.45. The van der Waals surface area contributed by atoms with Crippen LogP contribution in [0.4, 0.5) is 0 Å². The Balaban J connectivity index is 2.14. The summed E-state index contributed by atoms with van der Waals surface area (Å²) in [7, 11) is 0. The summed E-state index contributed by atoms with van der Waals surface area (Å²) >= 11 is 0. The maximum absolute atomic E-state index is 12.2. The molecule has 124 valence electrons. The van der Waals surface area contributed by atoms with Crippen molar-refractivity contribution < 1.29 is 9.53 Å². The zero-order valence-electron chi connectivity index (χ0n) is 14.9. The predicted molar refractivity (Wildman–Crippen MR) is 91.8 cm³/mol. The van der Waals surface area contributed by atoms with Crippen LogP contribution in [0.1, 0.15) is 73.1 Å². The average molecular weight is 304 g/mol. The molecular weight excluding hydrogens is 272 g/mol. The molecule has 1 aliphatic carbocycles. The van der Waals surface area contributed by atoms with Gasteiger partial charge in [0.05, 0.1) is 11.7 Å². The molecule has 0 aromatic heterocycles. The van der Waals surface area contributed by atoms with Gasteiger partial charge in [0.15, 0.2) is 0 Å². The van der Waals surface area contributed by atoms with Gasteiger partial charge >= 0.3 is 0 Å². The molecule has 0 bridgehead atoms. The fourth-order valence-corrected chi connectivity index (χ4v) is 3.45. The third kappa shape index (κ3) is 4.81. The fraction of sp³-hybridized carbons (Fsp3) is 0.750. The Morgan fingerprint density at radius 3 is 2.68 bits per heavy atom. The van der Waals surface area contributed by atoms with Crippen LogP contribution in [0, 0.1) is 11.8 Å². The van der Waals surface area contributed by atoms with Crippen LogP contribution in [0.15, 0.2) is 23.3 Å². The first-order valence-electron chi connectivity index (χ1n) is 8.86. The second kappa shape index (κ2) is 7.12. The molecule has 1 fully saturated rings. The Morgan fingerprint density at radius 2 is 2.00 bits per heavy atom. The third-order valence-electron chi connectivity index (χ3n) is 5.24. The molecule has 3 atom stereocenters. The number of carbonyl (C=O) groups is 1. The number of epoxide rings is 1. The molecule has 2 nitrogen and oxygen atoms in total. The van der Waals surface area contributed by atoms with Gasteiger partial charge < -0.3 is 4.74 Å². The Bertz CT molecular complexity index is 472. The minimum atomic E-state index is 0.0700. The summed E-state index contributed by atoms with van der Waals surface area (Å²) in [4.78, 5) is 12.2. The second-order valence-electron chi connectivity index (χ2n) is 7.93. The number of fused-ring (bicyclic) bond motifs is 1. The van der Waals surface area contributed by atoms with Crippen molar-refractivity contribution in [1.29, 1.82) is 0 Å². The van der Waals surface area contributed by atoms with Crippen molar-refractivity contribution in [3.8, 4) is 0 Å². The number of ketones is 1. The van der Waals surface area contributed by atoms with Gasteiger partial charge in [-0.15, -0.1) is 0 Å². The number of carbonyl (C=O) groups excluding carboxylic acids is 1. The van der Waals surface area contributed by atoms with Crippen LogP contribution in [-0.4, -0.2) is 17.5 Å². The molecule has 0 saturated carbocycles. The van der Waals surface area contributed by atoms with Crippen LogP contribution in [0.5, 0.6) is 0 Å². The van der Waals surface area contributed by atoms with Gasteiger partial charge in [-0.05, 0) is 51.4 Å². The zero-order valence-corrected chi connectivity index (χ0v) is 14.9. The van der Waals surface area contributed by atoms with Crippen molar-refractivity contribution in [2.75, 3.05) is 0 Å². The lowest BCUT2D eigenvalue weighted by Crippen LogP contribution is -2.13. The van der Waals surface area contributed by atoms with E-state index < -0.39 is 0 Å². The van der Waals surface area contributed by atoms with Crippen molar-refractivity contribution in [3.63, 3.8) is 0 Å². The minimum absolute atomic E-state index is 0.0700. The summed E-state index contributed by atoms with van der Waals surface area (Å²) in [6.07, 6.45) is 10.5. The lowest BCUT2D eigenvalue weighted by molar-refractivity contribution is -0.119. The first kappa shape index (κ1) is 17.5. The highest BCUT2D eigenvalue weighted by Crippen LogP contribution is 2.44. The predicted octanol–water partition coefficient (Wildman–Crippen LogP) is 5.23. The summed E-state index contributed by atoms with van der Waals surface area (Å²) in [6, 6.07) is 0. The van der Waals surface area contributed by atoms with Crippen molar-refractivity contribution in [2.24, 2.45) is 11.8 Å². The Morgan fingerprint density at radius 1 is 1.27 bits per heavy atom. The van der Waals surface area contributed by atoms with Crippen LogP contribution < -0.4 is 0 Å². The first-order chi connectivity index (χ1) is 10.3. The van der Waals surface area contributed by atoms with Crippen LogP contribution in [-0.2, 0) is 9.53 Å². The normalized spacial score (nSPS) is 39.3. The van der Waals surface area contributed by atoms with E-state index in [9.17, 15) is 4.79 Å². The van der Waals surface area contributed by atoms with E-state index >= 15 is 0 Å². The molecule has 0 spiro atoms. The van der Waals surface area contributed by atoms with E-state index in [0.717, 1.165) is 25.7 Å². The second-order valence-corrected chi connectivity index (χ2v) is 7.93. The van der Waals surface area contributed by atoms with Crippen LogP contribution in [0.2, 0.25) is 0 Å². The molecule has 22 heavy (non-hydrogen) atoms. The van der Waals surface area contributed by atoms with Crippen molar-refractivity contribution in [2.45, 2.75) is 84.8 Å². The van der Waals surface area contributed by atoms with Crippen LogP contribution >= 0.6 is 0 Å². The van der Waals surface area contributed by atoms with E-state index in [4.69, 9.17) is 4.74 Å². The van der Waals surface area contributed by atoms with Crippen molar-refractivity contribution in [1.82, 2.24) is 0 Å². The number of rotatable bonds is 1. The molecule has 2 aliphatic rings. The van der Waals surface area contributed by atoms with Gasteiger partial charge in [0.2, 0.25) is 0 Å². The number of Topliss-reactive ketones (excluding diaryl/α,β-unsaturated/α-hetero) is 1. The number of ether oxygens (including phenoxy) is 1. The van der Waals surface area contributed by atoms with E-state index in [2.05, 4.69) is 46.8 Å². The lowest BCUT2D eigenvalue weighted by Gasteiger charge is -2.15. The standard InChI is InChI=1S/C20H32O2/c1-14(2)17-8-6-15(3)12-18(21)13-16(4)7-9-19-20(5,22-19)11-10-17/h6,8,14,16,19H,7,9-13H2,1-5H3/b15-6+,17-8+/t16?,19-,20+/m0/s1. The number of allylic oxidation sites excluding steroid dienone is 4. The van der Waals surface area contributed by atoms with E-state index in [1.54, 1.807) is 0 Å². The highest BCUT2D eigenvalue weighted by molar-refractivity contribution is 5.80. The van der Waals surface area contributed by atoms with Crippen molar-refractivity contribution in [3.05, 3.63) is 23.3 Å². The highest BCUT2D eigenvalue weighted by Gasteiger charge is 2.50. The van der Waals surface area contributed by atoms with Gasteiger partial charge in [0.25, 0.3) is 0 Å². The average Bonchev–Trinajstić information content (AvgIpc) is 3.06. The topological polar surface area (TPSA) is 29.6 Å². The monoisotopic (exact) mass is 304 g/mol. The van der Waals surface area contributed by atoms with Crippen LogP contribution in [0.25, 0.3) is 0 Å². The summed E-state index contributed by atoms with van der Waals surface area (Å²) in [5, 5.41) is 0. The largest absolute Gasteiger partial charge is 0.366 e. The molecule has 1 saturated heterocycles. The molecule has 2 heteroatoms. The quantitative estimate of drug-likeness (QED) is 0.621. The minimum Gasteiger partial charge on any atom is -0.366 e. The lowest BCUT2D eigenvalue weighted by atomic mass is 9.88. The molecule has 1 aliphatic heterocycles. The van der Waals surface area contributed by atoms with Gasteiger partial charge in [-0.2, -0.15) is 0 Å². The molecule has 0 aromatic carbocycles. The van der Waals surface area contributed by atoms with Crippen molar-refractivity contribution >= 4 is 5.78 Å². The summed E-state index contributed by atoms with van der Waals surface area (Å²) in [6.45, 7) is 11.0. The van der Waals surface area contributed by atoms with Gasteiger partial charge in [0, 0.05) is 12.8 Å². The summed E-state index contributed by atoms with van der Waals surface area (Å²) in [5.74, 6) is 1.39. The maximum atomic E-state index is 12.2. The molecule has 0 amide bonds. The highest BCUT2D eigenvalue weighted by atomic mass is 16.6. The zero-order chi connectivity index (χ0) is 16.3. The smallest absolute Gasteiger partial charge is 0.137 e. The summed E-state index contributed by atoms with van der Waals surface area (Å²) < 4.78 is 5.98. The third-order valence-corrected chi connectivity index (χ3v) is 5.24. The van der Waals surface area contributed by atoms with E-state index in [-0.39, 0.29) is 5.60 Å². The Labute approximate surface area is 136 Å². The van der Waals surface area contributed by atoms with Gasteiger partial charge in [-0.1, -0.05) is 44.1 Å². The first-order valence-corrected chi connectivity index (χ1v) is 8.86. The molecule has 0 N–H and O–H groups in total. The van der Waals surface area contributed by atoms with Gasteiger partial charge in [-0.25, -0.2) is 0 Å². The Hall–Kier alpha value is -0.890. The molecule has 1 unspecified atom stereocenters. The number of hydrogen-bond donors (Lipinski definition) is 0. The molecule has 2 rings (SSSR count). The van der Waals surface area contributed by atoms with E-state index in [1.807, 2.05) is 0 Å². The van der Waals surface area contributed by atoms with E-state index in [0.29, 0.717) is 36.6 Å². The van der Waals surface area contributed by atoms with Gasteiger partial charge in [0.1, 0.15) is 5.78 Å². The van der Waals surface area contributed by atoms with Crippen LogP contribution in [0.3, 0.4) is 0 Å². The van der Waals surface area contributed by atoms with E-state index in [1.165, 1.54) is 11.1 Å². The Kier molecular flexibility index (Phi) is 5.65. The molecular formula is C20H32O2. The van der Waals surface area contributed by atoms with Gasteiger partial charge in [-0.3, -0.25) is 4.79 Å². The molecule has 1 heterocycles.